The number of sulfone groups is 1. The van der Waals surface area contributed by atoms with E-state index in [9.17, 15) is 8.42 Å². The fraction of sp³-hybridized carbons (Fsp3) is 0.615. The lowest BCUT2D eigenvalue weighted by Gasteiger charge is -2.24. The summed E-state index contributed by atoms with van der Waals surface area (Å²) in [5.41, 5.74) is 0.298. The van der Waals surface area contributed by atoms with Crippen LogP contribution in [-0.2, 0) is 16.4 Å². The molecule has 0 saturated carbocycles. The Hall–Kier alpha value is -1.34. The first kappa shape index (κ1) is 15.1. The molecule has 0 bridgehead atoms. The van der Waals surface area contributed by atoms with Crippen LogP contribution in [0, 0.1) is 0 Å². The first-order valence-electron chi connectivity index (χ1n) is 6.40. The topological polar surface area (TPSA) is 77.5 Å². The molecule has 0 amide bonds. The van der Waals surface area contributed by atoms with Gasteiger partial charge in [0.2, 0.25) is 0 Å². The van der Waals surface area contributed by atoms with Crippen LogP contribution in [0.1, 0.15) is 19.0 Å². The van der Waals surface area contributed by atoms with Gasteiger partial charge in [0.05, 0.1) is 31.4 Å². The number of hydrogen-bond acceptors (Lipinski definition) is 6. The number of nitrogens with one attached hydrogen (secondary N) is 1. The summed E-state index contributed by atoms with van der Waals surface area (Å²) in [7, 11) is 0.204. The molecule has 2 rings (SSSR count). The van der Waals surface area contributed by atoms with Crippen LogP contribution in [0.2, 0.25) is 0 Å². The van der Waals surface area contributed by atoms with Crippen LogP contribution < -0.4 is 14.8 Å². The highest BCUT2D eigenvalue weighted by molar-refractivity contribution is 7.91. The number of pyridine rings is 1. The van der Waals surface area contributed by atoms with Gasteiger partial charge in [-0.2, -0.15) is 0 Å². The monoisotopic (exact) mass is 300 g/mol. The summed E-state index contributed by atoms with van der Waals surface area (Å²) in [4.78, 5) is 4.27. The second kappa shape index (κ2) is 5.57. The minimum Gasteiger partial charge on any atom is -0.493 e. The molecule has 2 heterocycles. The minimum absolute atomic E-state index is 0.159. The standard InChI is InChI=1S/C13H20N2O4S/c1-13(5-7-20(16,17)9-13)15-8-10-12(19-3)11(18-2)4-6-14-10/h4,6,15H,5,7-9H2,1-3H3. The molecule has 1 aliphatic heterocycles. The Morgan fingerprint density at radius 2 is 2.15 bits per heavy atom. The van der Waals surface area contributed by atoms with Gasteiger partial charge in [-0.05, 0) is 13.3 Å². The molecule has 20 heavy (non-hydrogen) atoms. The maximum absolute atomic E-state index is 11.6. The molecule has 0 aromatic carbocycles. The van der Waals surface area contributed by atoms with E-state index in [1.54, 1.807) is 26.5 Å². The molecular formula is C13H20N2O4S. The van der Waals surface area contributed by atoms with Crippen molar-refractivity contribution in [1.29, 1.82) is 0 Å². The Morgan fingerprint density at radius 3 is 2.70 bits per heavy atom. The normalized spacial score (nSPS) is 24.6. The van der Waals surface area contributed by atoms with Gasteiger partial charge in [0, 0.05) is 24.3 Å². The maximum atomic E-state index is 11.6. The summed E-state index contributed by atoms with van der Waals surface area (Å²) in [5, 5.41) is 3.28. The molecular weight excluding hydrogens is 280 g/mol. The van der Waals surface area contributed by atoms with E-state index in [4.69, 9.17) is 9.47 Å². The highest BCUT2D eigenvalue weighted by atomic mass is 32.2. The molecule has 1 aliphatic rings. The van der Waals surface area contributed by atoms with Crippen molar-refractivity contribution >= 4 is 9.84 Å². The van der Waals surface area contributed by atoms with Crippen molar-refractivity contribution in [2.24, 2.45) is 0 Å². The number of rotatable bonds is 5. The fourth-order valence-electron chi connectivity index (χ4n) is 2.42. The Morgan fingerprint density at radius 1 is 1.40 bits per heavy atom. The summed E-state index contributed by atoms with van der Waals surface area (Å²) in [6.45, 7) is 2.36. The van der Waals surface area contributed by atoms with E-state index in [2.05, 4.69) is 10.3 Å². The Balaban J connectivity index is 2.12. The predicted molar refractivity (Wildman–Crippen MR) is 75.9 cm³/mol. The molecule has 6 nitrogen and oxygen atoms in total. The molecule has 112 valence electrons. The Bertz CT molecular complexity index is 588. The van der Waals surface area contributed by atoms with Crippen molar-refractivity contribution in [1.82, 2.24) is 10.3 Å². The number of ether oxygens (including phenoxy) is 2. The van der Waals surface area contributed by atoms with E-state index in [0.29, 0.717) is 30.2 Å². The van der Waals surface area contributed by atoms with Crippen LogP contribution in [0.15, 0.2) is 12.3 Å². The summed E-state index contributed by atoms with van der Waals surface area (Å²) >= 11 is 0. The zero-order chi connectivity index (χ0) is 14.8. The summed E-state index contributed by atoms with van der Waals surface area (Å²) < 4.78 is 33.7. The summed E-state index contributed by atoms with van der Waals surface area (Å²) in [6.07, 6.45) is 2.26. The van der Waals surface area contributed by atoms with Gasteiger partial charge in [0.15, 0.2) is 21.3 Å². The minimum atomic E-state index is -2.93. The second-order valence-corrected chi connectivity index (χ2v) is 7.43. The third-order valence-electron chi connectivity index (χ3n) is 3.55. The molecule has 1 aromatic heterocycles. The van der Waals surface area contributed by atoms with Gasteiger partial charge in [-0.25, -0.2) is 8.42 Å². The highest BCUT2D eigenvalue weighted by Crippen LogP contribution is 2.30. The van der Waals surface area contributed by atoms with E-state index >= 15 is 0 Å². The molecule has 0 aliphatic carbocycles. The summed E-state index contributed by atoms with van der Waals surface area (Å²) in [6, 6.07) is 1.73. The molecule has 1 aromatic rings. The molecule has 0 spiro atoms. The van der Waals surface area contributed by atoms with Gasteiger partial charge in [-0.3, -0.25) is 4.98 Å². The quantitative estimate of drug-likeness (QED) is 0.865. The summed E-state index contributed by atoms with van der Waals surface area (Å²) in [5.74, 6) is 1.58. The molecule has 7 heteroatoms. The van der Waals surface area contributed by atoms with Crippen LogP contribution in [0.25, 0.3) is 0 Å². The van der Waals surface area contributed by atoms with E-state index in [-0.39, 0.29) is 11.5 Å². The molecule has 1 saturated heterocycles. The average molecular weight is 300 g/mol. The second-order valence-electron chi connectivity index (χ2n) is 5.25. The van der Waals surface area contributed by atoms with Crippen LogP contribution >= 0.6 is 0 Å². The number of hydrogen-bond donors (Lipinski definition) is 1. The van der Waals surface area contributed by atoms with E-state index in [1.165, 1.54) is 0 Å². The lowest BCUT2D eigenvalue weighted by molar-refractivity contribution is 0.341. The predicted octanol–water partition coefficient (Wildman–Crippen LogP) is 0.766. The third-order valence-corrected chi connectivity index (χ3v) is 5.46. The number of aromatic nitrogens is 1. The Kier molecular flexibility index (Phi) is 4.19. The molecule has 0 radical (unpaired) electrons. The fourth-order valence-corrected chi connectivity index (χ4v) is 4.55. The zero-order valence-corrected chi connectivity index (χ0v) is 12.8. The van der Waals surface area contributed by atoms with Crippen LogP contribution in [0.4, 0.5) is 0 Å². The number of nitrogens with zero attached hydrogens (tertiary/aromatic N) is 1. The van der Waals surface area contributed by atoms with Gasteiger partial charge >= 0.3 is 0 Å². The van der Waals surface area contributed by atoms with Crippen molar-refractivity contribution in [3.8, 4) is 11.5 Å². The lowest BCUT2D eigenvalue weighted by atomic mass is 10.0. The third kappa shape index (κ3) is 3.21. The maximum Gasteiger partial charge on any atom is 0.183 e. The highest BCUT2D eigenvalue weighted by Gasteiger charge is 2.38. The van der Waals surface area contributed by atoms with Crippen LogP contribution in [-0.4, -0.2) is 44.7 Å². The first-order valence-corrected chi connectivity index (χ1v) is 8.22. The first-order chi connectivity index (χ1) is 9.39. The van der Waals surface area contributed by atoms with Gasteiger partial charge in [-0.15, -0.1) is 0 Å². The largest absolute Gasteiger partial charge is 0.493 e. The van der Waals surface area contributed by atoms with Crippen molar-refractivity contribution in [3.63, 3.8) is 0 Å². The number of methoxy groups -OCH3 is 2. The van der Waals surface area contributed by atoms with E-state index in [1.807, 2.05) is 6.92 Å². The van der Waals surface area contributed by atoms with Crippen molar-refractivity contribution in [2.45, 2.75) is 25.4 Å². The van der Waals surface area contributed by atoms with Crippen molar-refractivity contribution in [3.05, 3.63) is 18.0 Å². The lowest BCUT2D eigenvalue weighted by Crippen LogP contribution is -2.43. The van der Waals surface area contributed by atoms with Crippen LogP contribution in [0.3, 0.4) is 0 Å². The molecule has 1 atom stereocenters. The van der Waals surface area contributed by atoms with Gasteiger partial charge < -0.3 is 14.8 Å². The van der Waals surface area contributed by atoms with Crippen LogP contribution in [0.5, 0.6) is 11.5 Å². The SMILES string of the molecule is COc1ccnc(CNC2(C)CCS(=O)(=O)C2)c1OC. The average Bonchev–Trinajstić information content (AvgIpc) is 2.70. The van der Waals surface area contributed by atoms with Gasteiger partial charge in [-0.1, -0.05) is 0 Å². The van der Waals surface area contributed by atoms with Gasteiger partial charge in [0.1, 0.15) is 0 Å². The van der Waals surface area contributed by atoms with Crippen molar-refractivity contribution in [2.75, 3.05) is 25.7 Å². The van der Waals surface area contributed by atoms with E-state index in [0.717, 1.165) is 0 Å². The van der Waals surface area contributed by atoms with Crippen molar-refractivity contribution < 1.29 is 17.9 Å². The smallest absolute Gasteiger partial charge is 0.183 e. The molecule has 1 fully saturated rings. The molecule has 1 unspecified atom stereocenters. The zero-order valence-electron chi connectivity index (χ0n) is 12.0. The Labute approximate surface area is 119 Å². The molecule has 1 N–H and O–H groups in total. The van der Waals surface area contributed by atoms with Gasteiger partial charge in [0.25, 0.3) is 0 Å². The van der Waals surface area contributed by atoms with E-state index < -0.39 is 15.4 Å².